The summed E-state index contributed by atoms with van der Waals surface area (Å²) in [5, 5.41) is 12.1. The molecule has 2 N–H and O–H groups in total. The van der Waals surface area contributed by atoms with E-state index < -0.39 is 0 Å². The number of amides is 1. The maximum atomic E-state index is 12.0. The molecule has 1 aromatic rings. The maximum absolute atomic E-state index is 12.0. The van der Waals surface area contributed by atoms with Crippen LogP contribution in [-0.2, 0) is 11.2 Å². The number of rotatable bonds is 4. The Labute approximate surface area is 102 Å². The molecule has 0 spiro atoms. The topological polar surface area (TPSA) is 49.3 Å². The fraction of sp³-hybridized carbons (Fsp3) is 0.500. The van der Waals surface area contributed by atoms with Gasteiger partial charge in [0.2, 0.25) is 5.91 Å². The summed E-state index contributed by atoms with van der Waals surface area (Å²) >= 11 is 0. The van der Waals surface area contributed by atoms with Crippen LogP contribution in [0.15, 0.2) is 24.3 Å². The predicted octanol–water partition coefficient (Wildman–Crippen LogP) is 1.46. The standard InChI is InChI=1S/C14H19NO2/c1-9(2)13(8-16)15-14(17)12-7-10-5-3-4-6-11(10)12/h3-6,9,12-13,16H,7-8H2,1-2H3,(H,15,17)/t12?,13-/m1/s1. The van der Waals surface area contributed by atoms with E-state index in [2.05, 4.69) is 11.4 Å². The fourth-order valence-corrected chi connectivity index (χ4v) is 2.20. The molecule has 1 aliphatic rings. The van der Waals surface area contributed by atoms with Crippen LogP contribution in [0.25, 0.3) is 0 Å². The van der Waals surface area contributed by atoms with E-state index in [1.54, 1.807) is 0 Å². The third-order valence-electron chi connectivity index (χ3n) is 3.50. The van der Waals surface area contributed by atoms with E-state index in [-0.39, 0.29) is 30.4 Å². The van der Waals surface area contributed by atoms with Crippen molar-refractivity contribution in [2.24, 2.45) is 5.92 Å². The van der Waals surface area contributed by atoms with E-state index >= 15 is 0 Å². The van der Waals surface area contributed by atoms with Crippen molar-refractivity contribution in [2.45, 2.75) is 32.2 Å². The SMILES string of the molecule is CC(C)[C@@H](CO)NC(=O)C1Cc2ccccc21. The van der Waals surface area contributed by atoms with Gasteiger partial charge >= 0.3 is 0 Å². The van der Waals surface area contributed by atoms with Gasteiger partial charge in [-0.1, -0.05) is 38.1 Å². The Bertz CT molecular complexity index is 414. The first-order valence-electron chi connectivity index (χ1n) is 6.12. The van der Waals surface area contributed by atoms with Crippen LogP contribution in [0.1, 0.15) is 30.9 Å². The summed E-state index contributed by atoms with van der Waals surface area (Å²) in [4.78, 5) is 12.0. The molecule has 0 radical (unpaired) electrons. The molecule has 1 unspecified atom stereocenters. The summed E-state index contributed by atoms with van der Waals surface area (Å²) < 4.78 is 0. The van der Waals surface area contributed by atoms with E-state index in [9.17, 15) is 9.90 Å². The Hall–Kier alpha value is -1.35. The van der Waals surface area contributed by atoms with Crippen molar-refractivity contribution in [3.8, 4) is 0 Å². The lowest BCUT2D eigenvalue weighted by Crippen LogP contribution is -2.45. The molecule has 0 fully saturated rings. The van der Waals surface area contributed by atoms with E-state index in [1.165, 1.54) is 5.56 Å². The number of hydrogen-bond donors (Lipinski definition) is 2. The Morgan fingerprint density at radius 2 is 2.18 bits per heavy atom. The lowest BCUT2D eigenvalue weighted by molar-refractivity contribution is -0.124. The molecule has 2 atom stereocenters. The van der Waals surface area contributed by atoms with Gasteiger partial charge in [0.05, 0.1) is 18.6 Å². The van der Waals surface area contributed by atoms with Crippen molar-refractivity contribution in [1.82, 2.24) is 5.32 Å². The first-order valence-corrected chi connectivity index (χ1v) is 6.12. The second kappa shape index (κ2) is 4.88. The fourth-order valence-electron chi connectivity index (χ4n) is 2.20. The number of carbonyl (C=O) groups is 1. The molecule has 0 aliphatic heterocycles. The Morgan fingerprint density at radius 1 is 1.47 bits per heavy atom. The van der Waals surface area contributed by atoms with Crippen LogP contribution in [0.4, 0.5) is 0 Å². The van der Waals surface area contributed by atoms with Gasteiger partial charge in [0, 0.05) is 0 Å². The third-order valence-corrected chi connectivity index (χ3v) is 3.50. The Balaban J connectivity index is 2.00. The summed E-state index contributed by atoms with van der Waals surface area (Å²) in [6.07, 6.45) is 0.818. The zero-order chi connectivity index (χ0) is 12.4. The molecule has 92 valence electrons. The number of nitrogens with one attached hydrogen (secondary N) is 1. The van der Waals surface area contributed by atoms with Crippen LogP contribution < -0.4 is 5.32 Å². The number of carbonyl (C=O) groups excluding carboxylic acids is 1. The molecule has 0 saturated heterocycles. The zero-order valence-corrected chi connectivity index (χ0v) is 10.3. The molecule has 0 heterocycles. The predicted molar refractivity (Wildman–Crippen MR) is 66.7 cm³/mol. The summed E-state index contributed by atoms with van der Waals surface area (Å²) in [5.41, 5.74) is 2.39. The van der Waals surface area contributed by atoms with Gasteiger partial charge in [-0.3, -0.25) is 4.79 Å². The highest BCUT2D eigenvalue weighted by Gasteiger charge is 2.32. The van der Waals surface area contributed by atoms with Crippen molar-refractivity contribution in [3.05, 3.63) is 35.4 Å². The van der Waals surface area contributed by atoms with Crippen LogP contribution in [0.3, 0.4) is 0 Å². The first kappa shape index (κ1) is 12.1. The monoisotopic (exact) mass is 233 g/mol. The summed E-state index contributed by atoms with van der Waals surface area (Å²) in [7, 11) is 0. The molecule has 0 saturated carbocycles. The lowest BCUT2D eigenvalue weighted by Gasteiger charge is -2.31. The van der Waals surface area contributed by atoms with Gasteiger partial charge in [-0.05, 0) is 23.5 Å². The molecule has 0 bridgehead atoms. The van der Waals surface area contributed by atoms with Crippen molar-refractivity contribution in [1.29, 1.82) is 0 Å². The number of aliphatic hydroxyl groups is 1. The van der Waals surface area contributed by atoms with Gasteiger partial charge in [0.15, 0.2) is 0 Å². The highest BCUT2D eigenvalue weighted by Crippen LogP contribution is 2.34. The lowest BCUT2D eigenvalue weighted by atomic mass is 9.77. The van der Waals surface area contributed by atoms with Crippen LogP contribution in [-0.4, -0.2) is 23.7 Å². The van der Waals surface area contributed by atoms with Crippen molar-refractivity contribution in [3.63, 3.8) is 0 Å². The quantitative estimate of drug-likeness (QED) is 0.827. The van der Waals surface area contributed by atoms with Crippen molar-refractivity contribution < 1.29 is 9.90 Å². The molecule has 2 rings (SSSR count). The normalized spacial score (nSPS) is 19.4. The largest absolute Gasteiger partial charge is 0.394 e. The highest BCUT2D eigenvalue weighted by atomic mass is 16.3. The average molecular weight is 233 g/mol. The summed E-state index contributed by atoms with van der Waals surface area (Å²) in [5.74, 6) is 0.259. The summed E-state index contributed by atoms with van der Waals surface area (Å²) in [6.45, 7) is 3.99. The molecule has 0 aromatic heterocycles. The molecule has 1 amide bonds. The Kier molecular flexibility index (Phi) is 3.48. The third kappa shape index (κ3) is 2.34. The van der Waals surface area contributed by atoms with Gasteiger partial charge in [0.1, 0.15) is 0 Å². The maximum Gasteiger partial charge on any atom is 0.228 e. The number of fused-ring (bicyclic) bond motifs is 1. The van der Waals surface area contributed by atoms with Crippen LogP contribution in [0.5, 0.6) is 0 Å². The minimum atomic E-state index is -0.143. The van der Waals surface area contributed by atoms with E-state index in [1.807, 2.05) is 32.0 Å². The van der Waals surface area contributed by atoms with Gasteiger partial charge in [0.25, 0.3) is 0 Å². The van der Waals surface area contributed by atoms with Crippen LogP contribution in [0.2, 0.25) is 0 Å². The zero-order valence-electron chi connectivity index (χ0n) is 10.3. The average Bonchev–Trinajstić information content (AvgIpc) is 2.27. The molecular weight excluding hydrogens is 214 g/mol. The minimum absolute atomic E-state index is 0.00221. The second-order valence-corrected chi connectivity index (χ2v) is 5.00. The molecule has 1 aliphatic carbocycles. The molecular formula is C14H19NO2. The molecule has 1 aromatic carbocycles. The minimum Gasteiger partial charge on any atom is -0.394 e. The van der Waals surface area contributed by atoms with Crippen LogP contribution in [0, 0.1) is 5.92 Å². The number of aliphatic hydroxyl groups excluding tert-OH is 1. The number of benzene rings is 1. The Morgan fingerprint density at radius 3 is 2.76 bits per heavy atom. The van der Waals surface area contributed by atoms with Crippen molar-refractivity contribution in [2.75, 3.05) is 6.61 Å². The van der Waals surface area contributed by atoms with Gasteiger partial charge < -0.3 is 10.4 Å². The van der Waals surface area contributed by atoms with E-state index in [4.69, 9.17) is 0 Å². The van der Waals surface area contributed by atoms with Gasteiger partial charge in [-0.25, -0.2) is 0 Å². The van der Waals surface area contributed by atoms with Crippen molar-refractivity contribution >= 4 is 5.91 Å². The number of hydrogen-bond acceptors (Lipinski definition) is 2. The first-order chi connectivity index (χ1) is 8.13. The van der Waals surface area contributed by atoms with Gasteiger partial charge in [-0.15, -0.1) is 0 Å². The molecule has 17 heavy (non-hydrogen) atoms. The smallest absolute Gasteiger partial charge is 0.228 e. The molecule has 3 nitrogen and oxygen atoms in total. The van der Waals surface area contributed by atoms with E-state index in [0.29, 0.717) is 0 Å². The second-order valence-electron chi connectivity index (χ2n) is 5.00. The van der Waals surface area contributed by atoms with Crippen LogP contribution >= 0.6 is 0 Å². The van der Waals surface area contributed by atoms with Gasteiger partial charge in [-0.2, -0.15) is 0 Å². The summed E-state index contributed by atoms with van der Waals surface area (Å²) in [6, 6.07) is 7.88. The highest BCUT2D eigenvalue weighted by molar-refractivity contribution is 5.87. The van der Waals surface area contributed by atoms with E-state index in [0.717, 1.165) is 12.0 Å². The molecule has 3 heteroatoms.